The fraction of sp³-hybridized carbons (Fsp3) is 0.188. The summed E-state index contributed by atoms with van der Waals surface area (Å²) in [5.74, 6) is 1.08. The molecule has 6 nitrogen and oxygen atoms in total. The highest BCUT2D eigenvalue weighted by molar-refractivity contribution is 7.92. The van der Waals surface area contributed by atoms with Gasteiger partial charge in [0, 0.05) is 12.1 Å². The second kappa shape index (κ2) is 7.50. The number of rotatable bonds is 5. The van der Waals surface area contributed by atoms with E-state index >= 15 is 0 Å². The molecule has 2 rings (SSSR count). The molecule has 0 heterocycles. The van der Waals surface area contributed by atoms with Crippen LogP contribution in [0.2, 0.25) is 0 Å². The van der Waals surface area contributed by atoms with Crippen molar-refractivity contribution in [1.82, 2.24) is 10.0 Å². The van der Waals surface area contributed by atoms with Crippen LogP contribution in [-0.4, -0.2) is 19.6 Å². The number of hydrogen-bond donors (Lipinski definition) is 3. The molecule has 0 aliphatic heterocycles. The fourth-order valence-electron chi connectivity index (χ4n) is 1.93. The van der Waals surface area contributed by atoms with Crippen LogP contribution < -0.4 is 20.5 Å². The van der Waals surface area contributed by atoms with E-state index in [4.69, 9.17) is 22.7 Å². The van der Waals surface area contributed by atoms with Crippen LogP contribution >= 0.6 is 12.2 Å². The monoisotopic (exact) mass is 365 g/mol. The molecule has 0 saturated heterocycles. The van der Waals surface area contributed by atoms with Crippen LogP contribution in [0.25, 0.3) is 0 Å². The molecule has 4 N–H and O–H groups in total. The van der Waals surface area contributed by atoms with Gasteiger partial charge >= 0.3 is 0 Å². The largest absolute Gasteiger partial charge is 0.457 e. The van der Waals surface area contributed by atoms with Crippen molar-refractivity contribution in [3.05, 3.63) is 48.5 Å². The van der Waals surface area contributed by atoms with E-state index < -0.39 is 10.0 Å². The molecule has 0 aliphatic carbocycles. The number of nitrogen functional groups attached to an aromatic ring is 1. The lowest BCUT2D eigenvalue weighted by Gasteiger charge is -2.15. The summed E-state index contributed by atoms with van der Waals surface area (Å²) in [6.07, 6.45) is 0. The summed E-state index contributed by atoms with van der Waals surface area (Å²) >= 11 is 4.97. The molecule has 2 aromatic carbocycles. The average Bonchev–Trinajstić information content (AvgIpc) is 2.46. The predicted octanol–water partition coefficient (Wildman–Crippen LogP) is 2.62. The fourth-order valence-corrected chi connectivity index (χ4v) is 3.52. The highest BCUT2D eigenvalue weighted by Crippen LogP contribution is 2.27. The van der Waals surface area contributed by atoms with Gasteiger partial charge in [0.15, 0.2) is 5.11 Å². The Morgan fingerprint density at radius 1 is 1.12 bits per heavy atom. The molecule has 0 fully saturated rings. The number of thiocarbonyl (C=S) groups is 1. The van der Waals surface area contributed by atoms with Crippen molar-refractivity contribution in [1.29, 1.82) is 0 Å². The molecule has 8 heteroatoms. The van der Waals surface area contributed by atoms with Gasteiger partial charge in [0.1, 0.15) is 16.4 Å². The first kappa shape index (κ1) is 18.0. The minimum atomic E-state index is -3.86. The smallest absolute Gasteiger partial charge is 0.265 e. The van der Waals surface area contributed by atoms with E-state index in [2.05, 4.69) is 10.0 Å². The van der Waals surface area contributed by atoms with Gasteiger partial charge < -0.3 is 15.8 Å². The van der Waals surface area contributed by atoms with Gasteiger partial charge in [0.2, 0.25) is 0 Å². The van der Waals surface area contributed by atoms with Crippen molar-refractivity contribution in [2.45, 2.75) is 24.8 Å². The van der Waals surface area contributed by atoms with Gasteiger partial charge in [-0.15, -0.1) is 0 Å². The Labute approximate surface area is 147 Å². The maximum absolute atomic E-state index is 12.4. The number of sulfonamides is 1. The standard InChI is InChI=1S/C16H19N3O3S2/c1-11(2)18-16(23)19-24(20,21)15-9-8-13(10-14(15)17)22-12-6-4-3-5-7-12/h3-11H,17H2,1-2H3,(H2,18,19,23). The first-order valence-corrected chi connectivity index (χ1v) is 9.13. The number of ether oxygens (including phenoxy) is 1. The van der Waals surface area contributed by atoms with Crippen molar-refractivity contribution in [2.75, 3.05) is 5.73 Å². The van der Waals surface area contributed by atoms with Gasteiger partial charge in [0.25, 0.3) is 10.0 Å². The molecule has 0 amide bonds. The van der Waals surface area contributed by atoms with Gasteiger partial charge in [-0.1, -0.05) is 18.2 Å². The normalized spacial score (nSPS) is 11.1. The van der Waals surface area contributed by atoms with Crippen molar-refractivity contribution in [3.63, 3.8) is 0 Å². The van der Waals surface area contributed by atoms with Crippen LogP contribution in [0, 0.1) is 0 Å². The van der Waals surface area contributed by atoms with E-state index in [-0.39, 0.29) is 21.7 Å². The number of hydrogen-bond acceptors (Lipinski definition) is 5. The van der Waals surface area contributed by atoms with Crippen LogP contribution in [0.15, 0.2) is 53.4 Å². The Balaban J connectivity index is 2.18. The summed E-state index contributed by atoms with van der Waals surface area (Å²) in [4.78, 5) is -0.0594. The number of anilines is 1. The second-order valence-corrected chi connectivity index (χ2v) is 7.41. The van der Waals surface area contributed by atoms with Gasteiger partial charge in [0.05, 0.1) is 5.69 Å². The summed E-state index contributed by atoms with van der Waals surface area (Å²) in [5.41, 5.74) is 5.95. The molecule has 0 aliphatic rings. The number of para-hydroxylation sites is 1. The zero-order valence-corrected chi connectivity index (χ0v) is 14.9. The van der Waals surface area contributed by atoms with Crippen molar-refractivity contribution >= 4 is 33.0 Å². The van der Waals surface area contributed by atoms with E-state index in [1.807, 2.05) is 32.0 Å². The number of benzene rings is 2. The van der Waals surface area contributed by atoms with E-state index in [0.29, 0.717) is 11.5 Å². The quantitative estimate of drug-likeness (QED) is 0.557. The third-order valence-corrected chi connectivity index (χ3v) is 4.67. The molecular formula is C16H19N3O3S2. The average molecular weight is 365 g/mol. The maximum atomic E-state index is 12.4. The van der Waals surface area contributed by atoms with Gasteiger partial charge in [-0.2, -0.15) is 0 Å². The molecule has 2 aromatic rings. The van der Waals surface area contributed by atoms with Crippen molar-refractivity contribution in [2.24, 2.45) is 0 Å². The Morgan fingerprint density at radius 3 is 2.38 bits per heavy atom. The van der Waals surface area contributed by atoms with Crippen LogP contribution in [-0.2, 0) is 10.0 Å². The van der Waals surface area contributed by atoms with Crippen molar-refractivity contribution in [3.8, 4) is 11.5 Å². The van der Waals surface area contributed by atoms with E-state index in [0.717, 1.165) is 0 Å². The predicted molar refractivity (Wildman–Crippen MR) is 98.6 cm³/mol. The topological polar surface area (TPSA) is 93.4 Å². The second-order valence-electron chi connectivity index (χ2n) is 5.35. The summed E-state index contributed by atoms with van der Waals surface area (Å²) in [6.45, 7) is 3.70. The van der Waals surface area contributed by atoms with Crippen LogP contribution in [0.4, 0.5) is 5.69 Å². The Bertz CT molecular complexity index is 822. The molecule has 0 bridgehead atoms. The molecule has 0 aromatic heterocycles. The van der Waals surface area contributed by atoms with Crippen LogP contribution in [0.5, 0.6) is 11.5 Å². The van der Waals surface area contributed by atoms with Crippen LogP contribution in [0.1, 0.15) is 13.8 Å². The Morgan fingerprint density at radius 2 is 1.79 bits per heavy atom. The molecule has 24 heavy (non-hydrogen) atoms. The summed E-state index contributed by atoms with van der Waals surface area (Å²) in [5, 5.41) is 2.83. The lowest BCUT2D eigenvalue weighted by atomic mass is 10.3. The number of nitrogens with two attached hydrogens (primary N) is 1. The SMILES string of the molecule is CC(C)NC(=S)NS(=O)(=O)c1ccc(Oc2ccccc2)cc1N. The van der Waals surface area contributed by atoms with Crippen molar-refractivity contribution < 1.29 is 13.2 Å². The highest BCUT2D eigenvalue weighted by atomic mass is 32.2. The van der Waals surface area contributed by atoms with Crippen LogP contribution in [0.3, 0.4) is 0 Å². The van der Waals surface area contributed by atoms with E-state index in [9.17, 15) is 8.42 Å². The number of nitrogens with one attached hydrogen (secondary N) is 2. The third kappa shape index (κ3) is 4.84. The minimum absolute atomic E-state index is 0.0131. The van der Waals surface area contributed by atoms with E-state index in [1.54, 1.807) is 12.1 Å². The zero-order valence-electron chi connectivity index (χ0n) is 13.3. The molecule has 128 valence electrons. The first-order valence-electron chi connectivity index (χ1n) is 7.23. The van der Waals surface area contributed by atoms with Gasteiger partial charge in [-0.05, 0) is 50.3 Å². The highest BCUT2D eigenvalue weighted by Gasteiger charge is 2.19. The first-order chi connectivity index (χ1) is 11.3. The lowest BCUT2D eigenvalue weighted by Crippen LogP contribution is -2.42. The summed E-state index contributed by atoms with van der Waals surface area (Å²) in [6, 6.07) is 13.5. The molecule has 0 saturated carbocycles. The molecule has 0 atom stereocenters. The summed E-state index contributed by atoms with van der Waals surface area (Å²) in [7, 11) is -3.86. The van der Waals surface area contributed by atoms with Gasteiger partial charge in [-0.25, -0.2) is 8.42 Å². The minimum Gasteiger partial charge on any atom is -0.457 e. The molecule has 0 spiro atoms. The Hall–Kier alpha value is -2.32. The summed E-state index contributed by atoms with van der Waals surface area (Å²) < 4.78 is 32.6. The Kier molecular flexibility index (Phi) is 5.63. The maximum Gasteiger partial charge on any atom is 0.265 e. The third-order valence-electron chi connectivity index (χ3n) is 2.90. The zero-order chi connectivity index (χ0) is 17.7. The molecule has 0 radical (unpaired) electrons. The van der Waals surface area contributed by atoms with E-state index in [1.165, 1.54) is 18.2 Å². The van der Waals surface area contributed by atoms with Gasteiger partial charge in [-0.3, -0.25) is 4.72 Å². The molecule has 0 unspecified atom stereocenters. The molecular weight excluding hydrogens is 346 g/mol. The lowest BCUT2D eigenvalue weighted by molar-refractivity contribution is 0.482.